The van der Waals surface area contributed by atoms with E-state index in [4.69, 9.17) is 0 Å². The second kappa shape index (κ2) is 5.70. The summed E-state index contributed by atoms with van der Waals surface area (Å²) in [6.07, 6.45) is 7.39. The number of rotatable bonds is 6. The number of imidazole rings is 3. The topological polar surface area (TPSA) is 190 Å². The van der Waals surface area contributed by atoms with Crippen molar-refractivity contribution in [2.24, 2.45) is 0 Å². The van der Waals surface area contributed by atoms with E-state index in [1.165, 1.54) is 37.2 Å². The van der Waals surface area contributed by atoms with Crippen molar-refractivity contribution in [3.05, 3.63) is 54.7 Å². The number of aromatic nitrogens is 6. The third-order valence-corrected chi connectivity index (χ3v) is 5.79. The maximum absolute atomic E-state index is 12.6. The van der Waals surface area contributed by atoms with Crippen LogP contribution in [0.4, 0.5) is 0 Å². The summed E-state index contributed by atoms with van der Waals surface area (Å²) in [5, 5.41) is 1.74. The van der Waals surface area contributed by atoms with Gasteiger partial charge in [-0.05, 0) is 0 Å². The summed E-state index contributed by atoms with van der Waals surface area (Å²) in [7, 11) is -6.21. The van der Waals surface area contributed by atoms with Gasteiger partial charge in [0.25, 0.3) is 0 Å². The molecule has 3 rings (SSSR count). The molecule has 0 bridgehead atoms. The summed E-state index contributed by atoms with van der Waals surface area (Å²) >= 11 is 0. The second-order valence-corrected chi connectivity index (χ2v) is 7.98. The minimum atomic E-state index is -6.21. The fourth-order valence-corrected chi connectivity index (χ4v) is 3.92. The zero-order valence-corrected chi connectivity index (χ0v) is 13.3. The van der Waals surface area contributed by atoms with Crippen LogP contribution in [0.15, 0.2) is 37.2 Å². The molecule has 0 aliphatic carbocycles. The van der Waals surface area contributed by atoms with Gasteiger partial charge < -0.3 is 0 Å². The van der Waals surface area contributed by atoms with Gasteiger partial charge in [-0.1, -0.05) is 0 Å². The Morgan fingerprint density at radius 3 is 1.56 bits per heavy atom. The SMILES string of the molecule is O=C(NP(O)(O)(C(=O)c1ncc[nH]1)C(=O)c1ncc[nH]1)c1ncc[nH]1. The predicted molar refractivity (Wildman–Crippen MR) is 83.2 cm³/mol. The van der Waals surface area contributed by atoms with Crippen molar-refractivity contribution in [1.29, 1.82) is 0 Å². The van der Waals surface area contributed by atoms with Gasteiger partial charge in [-0.15, -0.1) is 0 Å². The van der Waals surface area contributed by atoms with Crippen LogP contribution >= 0.6 is 7.21 Å². The van der Waals surface area contributed by atoms with Crippen LogP contribution in [0, 0.1) is 0 Å². The Balaban J connectivity index is 2.09. The molecule has 0 aromatic carbocycles. The van der Waals surface area contributed by atoms with Crippen molar-refractivity contribution in [1.82, 2.24) is 35.0 Å². The van der Waals surface area contributed by atoms with Crippen molar-refractivity contribution < 1.29 is 24.2 Å². The summed E-state index contributed by atoms with van der Waals surface area (Å²) in [6, 6.07) is 0. The molecule has 3 aromatic heterocycles. The monoisotopic (exact) mass is 365 g/mol. The molecule has 0 spiro atoms. The predicted octanol–water partition coefficient (Wildman–Crippen LogP) is -0.451. The van der Waals surface area contributed by atoms with E-state index in [1.807, 2.05) is 0 Å². The summed E-state index contributed by atoms with van der Waals surface area (Å²) in [5.74, 6) is -2.51. The minimum absolute atomic E-state index is 0.323. The summed E-state index contributed by atoms with van der Waals surface area (Å²) in [4.78, 5) is 77.2. The van der Waals surface area contributed by atoms with Crippen molar-refractivity contribution in [2.45, 2.75) is 0 Å². The van der Waals surface area contributed by atoms with Crippen LogP contribution in [0.3, 0.4) is 0 Å². The van der Waals surface area contributed by atoms with Crippen LogP contribution in [0.25, 0.3) is 0 Å². The van der Waals surface area contributed by atoms with Gasteiger partial charge in [-0.2, -0.15) is 0 Å². The zero-order valence-electron chi connectivity index (χ0n) is 12.4. The van der Waals surface area contributed by atoms with Gasteiger partial charge in [0.15, 0.2) is 0 Å². The number of aromatic amines is 3. The zero-order chi connectivity index (χ0) is 18.1. The number of hydrogen-bond acceptors (Lipinski definition) is 8. The molecule has 0 saturated carbocycles. The number of H-pyrrole nitrogens is 3. The molecule has 1 amide bonds. The van der Waals surface area contributed by atoms with Crippen LogP contribution in [-0.2, 0) is 0 Å². The summed E-state index contributed by atoms with van der Waals surface area (Å²) in [5.41, 5.74) is -2.95. The molecule has 25 heavy (non-hydrogen) atoms. The molecule has 0 atom stereocenters. The fraction of sp³-hybridized carbons (Fsp3) is 0. The van der Waals surface area contributed by atoms with Crippen LogP contribution in [0.2, 0.25) is 0 Å². The Morgan fingerprint density at radius 2 is 1.20 bits per heavy atom. The molecule has 130 valence electrons. The number of hydrogen-bond donors (Lipinski definition) is 6. The molecule has 0 aliphatic heterocycles. The first kappa shape index (κ1) is 16.6. The van der Waals surface area contributed by atoms with Gasteiger partial charge >= 0.3 is 138 Å². The van der Waals surface area contributed by atoms with E-state index in [0.29, 0.717) is 0 Å². The average molecular weight is 365 g/mol. The number of carbonyl (C=O) groups is 3. The van der Waals surface area contributed by atoms with Crippen LogP contribution in [0.1, 0.15) is 31.9 Å². The molecule has 13 heteroatoms. The maximum atomic E-state index is 12.6. The Labute approximate surface area is 138 Å². The third kappa shape index (κ3) is 2.74. The Hall–Kier alpha value is -3.21. The molecule has 0 unspecified atom stereocenters. The van der Waals surface area contributed by atoms with E-state index >= 15 is 0 Å². The Morgan fingerprint density at radius 1 is 0.800 bits per heavy atom. The van der Waals surface area contributed by atoms with Crippen LogP contribution in [-0.4, -0.2) is 56.6 Å². The normalized spacial score (nSPS) is 13.0. The Kier molecular flexibility index (Phi) is 3.80. The quantitative estimate of drug-likeness (QED) is 0.316. The van der Waals surface area contributed by atoms with Crippen molar-refractivity contribution >= 4 is 24.2 Å². The van der Waals surface area contributed by atoms with Gasteiger partial charge in [-0.25, -0.2) is 0 Å². The van der Waals surface area contributed by atoms with Gasteiger partial charge in [0.2, 0.25) is 0 Å². The van der Waals surface area contributed by atoms with Gasteiger partial charge in [-0.3, -0.25) is 0 Å². The first-order chi connectivity index (χ1) is 11.8. The molecule has 0 radical (unpaired) electrons. The number of nitrogens with one attached hydrogen (secondary N) is 4. The summed E-state index contributed by atoms with van der Waals surface area (Å²) < 4.78 is 0. The second-order valence-electron chi connectivity index (χ2n) is 4.89. The number of carbonyl (C=O) groups excluding carboxylic acids is 3. The first-order valence-corrected chi connectivity index (χ1v) is 8.89. The number of amides is 1. The molecule has 3 aromatic rings. The van der Waals surface area contributed by atoms with E-state index in [9.17, 15) is 24.2 Å². The summed E-state index contributed by atoms with van der Waals surface area (Å²) in [6.45, 7) is 0. The molecule has 0 aliphatic rings. The molecule has 0 fully saturated rings. The molecular weight excluding hydrogens is 353 g/mol. The molecule has 3 heterocycles. The van der Waals surface area contributed by atoms with Crippen LogP contribution < -0.4 is 5.09 Å². The standard InChI is InChI=1S/C12H12N7O5P/c20-10(7-13-1-2-14-7)19-25(23,24,11(21)8-15-3-4-16-8)12(22)9-17-5-6-18-9/h1-6,23-24H,(H,13,14)(H,15,16)(H,17,18)(H,19,20). The van der Waals surface area contributed by atoms with Crippen molar-refractivity contribution in [2.75, 3.05) is 0 Å². The fourth-order valence-electron chi connectivity index (χ4n) is 1.99. The molecule has 0 saturated heterocycles. The van der Waals surface area contributed by atoms with E-state index in [1.54, 1.807) is 5.09 Å². The van der Waals surface area contributed by atoms with E-state index in [-0.39, 0.29) is 5.82 Å². The third-order valence-electron chi connectivity index (χ3n) is 3.20. The Bertz CT molecular complexity index is 867. The first-order valence-electron chi connectivity index (χ1n) is 6.74. The van der Waals surface area contributed by atoms with Gasteiger partial charge in [0, 0.05) is 0 Å². The van der Waals surface area contributed by atoms with E-state index in [0.717, 1.165) is 0 Å². The van der Waals surface area contributed by atoms with Crippen molar-refractivity contribution in [3.63, 3.8) is 0 Å². The number of nitrogens with zero attached hydrogens (tertiary/aromatic N) is 3. The molecule has 12 nitrogen and oxygen atoms in total. The average Bonchev–Trinajstić information content (AvgIpc) is 3.36. The van der Waals surface area contributed by atoms with Crippen LogP contribution in [0.5, 0.6) is 0 Å². The van der Waals surface area contributed by atoms with Crippen molar-refractivity contribution in [3.8, 4) is 0 Å². The molecule has 6 N–H and O–H groups in total. The van der Waals surface area contributed by atoms with Gasteiger partial charge in [0.1, 0.15) is 0 Å². The molecular formula is C12H12N7O5P. The van der Waals surface area contributed by atoms with E-state index < -0.39 is 35.8 Å². The van der Waals surface area contributed by atoms with E-state index in [2.05, 4.69) is 29.9 Å². The van der Waals surface area contributed by atoms with Gasteiger partial charge in [0.05, 0.1) is 0 Å².